The Hall–Kier alpha value is -5.12. The Morgan fingerprint density at radius 2 is 1.87 bits per heavy atom. The van der Waals surface area contributed by atoms with Gasteiger partial charge in [0.15, 0.2) is 0 Å². The molecule has 0 fully saturated rings. The molecule has 0 unspecified atom stereocenters. The molecule has 0 aliphatic carbocycles. The fourth-order valence-electron chi connectivity index (χ4n) is 4.41. The van der Waals surface area contributed by atoms with E-state index in [0.29, 0.717) is 39.6 Å². The number of ether oxygens (including phenoxy) is 1. The topological polar surface area (TPSA) is 121 Å². The molecule has 39 heavy (non-hydrogen) atoms. The summed E-state index contributed by atoms with van der Waals surface area (Å²) >= 11 is 0. The van der Waals surface area contributed by atoms with E-state index in [0.717, 1.165) is 27.7 Å². The maximum atomic E-state index is 14.2. The number of aromatic amines is 2. The molecule has 0 aliphatic heterocycles. The molecular weight excluding hydrogens is 497 g/mol. The molecule has 0 aliphatic rings. The van der Waals surface area contributed by atoms with Crippen LogP contribution >= 0.6 is 0 Å². The zero-order valence-electron chi connectivity index (χ0n) is 21.4. The maximum absolute atomic E-state index is 14.2. The first-order chi connectivity index (χ1) is 18.9. The Morgan fingerprint density at radius 3 is 2.69 bits per heavy atom. The van der Waals surface area contributed by atoms with Gasteiger partial charge in [0.1, 0.15) is 22.8 Å². The van der Waals surface area contributed by atoms with Gasteiger partial charge in [-0.15, -0.1) is 0 Å². The van der Waals surface area contributed by atoms with Crippen LogP contribution in [0.3, 0.4) is 0 Å². The molecule has 6 aromatic rings. The van der Waals surface area contributed by atoms with E-state index >= 15 is 0 Å². The molecule has 0 spiro atoms. The lowest BCUT2D eigenvalue weighted by atomic mass is 10.1. The van der Waals surface area contributed by atoms with Gasteiger partial charge in [-0.1, -0.05) is 13.8 Å². The third kappa shape index (κ3) is 4.56. The highest BCUT2D eigenvalue weighted by molar-refractivity contribution is 5.99. The van der Waals surface area contributed by atoms with Gasteiger partial charge in [-0.25, -0.2) is 9.37 Å². The molecule has 0 radical (unpaired) electrons. The molecule has 10 heteroatoms. The van der Waals surface area contributed by atoms with Crippen molar-refractivity contribution in [3.8, 4) is 39.7 Å². The van der Waals surface area contributed by atoms with Crippen LogP contribution in [0.4, 0.5) is 10.1 Å². The predicted octanol–water partition coefficient (Wildman–Crippen LogP) is 5.97. The molecule has 194 valence electrons. The van der Waals surface area contributed by atoms with Crippen LogP contribution in [0, 0.1) is 11.7 Å². The molecule has 0 saturated carbocycles. The van der Waals surface area contributed by atoms with E-state index in [1.54, 1.807) is 24.7 Å². The summed E-state index contributed by atoms with van der Waals surface area (Å²) in [6.45, 7) is 3.67. The van der Waals surface area contributed by atoms with E-state index in [1.807, 2.05) is 44.2 Å². The number of fused-ring (bicyclic) bond motifs is 2. The van der Waals surface area contributed by atoms with E-state index in [2.05, 4.69) is 30.5 Å². The minimum Gasteiger partial charge on any atom is -0.497 e. The smallest absolute Gasteiger partial charge is 0.226 e. The lowest BCUT2D eigenvalue weighted by Gasteiger charge is -2.08. The van der Waals surface area contributed by atoms with E-state index < -0.39 is 5.82 Å². The number of nitrogens with zero attached hydrogens (tertiary/aromatic N) is 4. The summed E-state index contributed by atoms with van der Waals surface area (Å²) in [6.07, 6.45) is 4.98. The number of amides is 1. The molecule has 0 saturated heterocycles. The van der Waals surface area contributed by atoms with Gasteiger partial charge in [0.25, 0.3) is 0 Å². The second-order valence-corrected chi connectivity index (χ2v) is 9.45. The van der Waals surface area contributed by atoms with Crippen LogP contribution in [-0.4, -0.2) is 43.2 Å². The van der Waals surface area contributed by atoms with Crippen molar-refractivity contribution in [1.82, 2.24) is 30.1 Å². The summed E-state index contributed by atoms with van der Waals surface area (Å²) in [4.78, 5) is 29.2. The minimum absolute atomic E-state index is 0.0844. The highest BCUT2D eigenvalue weighted by Crippen LogP contribution is 2.34. The Kier molecular flexibility index (Phi) is 5.99. The first-order valence-corrected chi connectivity index (χ1v) is 12.3. The first-order valence-electron chi connectivity index (χ1n) is 12.3. The standard InChI is InChI=1S/C29H24FN7O2/c1-15(2)29(38)33-19-9-17(13-31-14-19)22-4-5-24-27(35-22)28(37-36-24)25-12-21-23(34-25)6-7-32-26(21)16-8-18(30)11-20(10-16)39-3/h4-15,34H,1-3H3,(H,33,38)(H,36,37). The molecule has 9 nitrogen and oxygen atoms in total. The van der Waals surface area contributed by atoms with Crippen molar-refractivity contribution < 1.29 is 13.9 Å². The number of rotatable bonds is 6. The van der Waals surface area contributed by atoms with Crippen molar-refractivity contribution in [3.05, 3.63) is 72.9 Å². The highest BCUT2D eigenvalue weighted by Gasteiger charge is 2.17. The van der Waals surface area contributed by atoms with Gasteiger partial charge in [-0.05, 0) is 42.5 Å². The number of hydrogen-bond donors (Lipinski definition) is 3. The molecule has 1 aromatic carbocycles. The van der Waals surface area contributed by atoms with Gasteiger partial charge in [-0.2, -0.15) is 5.10 Å². The minimum atomic E-state index is -0.406. The van der Waals surface area contributed by atoms with Gasteiger partial charge < -0.3 is 15.0 Å². The second-order valence-electron chi connectivity index (χ2n) is 9.45. The van der Waals surface area contributed by atoms with Crippen molar-refractivity contribution in [3.63, 3.8) is 0 Å². The summed E-state index contributed by atoms with van der Waals surface area (Å²) in [5.41, 5.74) is 6.87. The molecule has 6 rings (SSSR count). The van der Waals surface area contributed by atoms with Gasteiger partial charge in [0.05, 0.1) is 41.6 Å². The summed E-state index contributed by atoms with van der Waals surface area (Å²) in [5, 5.41) is 11.3. The summed E-state index contributed by atoms with van der Waals surface area (Å²) in [6, 6.07) is 13.9. The van der Waals surface area contributed by atoms with E-state index in [-0.39, 0.29) is 11.8 Å². The number of anilines is 1. The monoisotopic (exact) mass is 521 g/mol. The van der Waals surface area contributed by atoms with E-state index in [4.69, 9.17) is 9.72 Å². The summed E-state index contributed by atoms with van der Waals surface area (Å²) in [5.74, 6) is -0.224. The number of H-pyrrole nitrogens is 2. The molecule has 0 bridgehead atoms. The van der Waals surface area contributed by atoms with Crippen molar-refractivity contribution in [2.24, 2.45) is 5.92 Å². The molecular formula is C29H24FN7O2. The quantitative estimate of drug-likeness (QED) is 0.248. The third-order valence-corrected chi connectivity index (χ3v) is 6.42. The molecule has 5 heterocycles. The second kappa shape index (κ2) is 9.64. The Bertz CT molecular complexity index is 1860. The average Bonchev–Trinajstić information content (AvgIpc) is 3.56. The number of hydrogen-bond acceptors (Lipinski definition) is 6. The van der Waals surface area contributed by atoms with Crippen molar-refractivity contribution in [2.45, 2.75) is 13.8 Å². The number of carbonyl (C=O) groups excluding carboxylic acids is 1. The summed E-state index contributed by atoms with van der Waals surface area (Å²) < 4.78 is 19.5. The zero-order chi connectivity index (χ0) is 27.1. The van der Waals surface area contributed by atoms with Crippen molar-refractivity contribution >= 4 is 33.5 Å². The van der Waals surface area contributed by atoms with Crippen LogP contribution in [0.25, 0.3) is 55.8 Å². The number of nitrogens with one attached hydrogen (secondary N) is 3. The van der Waals surface area contributed by atoms with Crippen molar-refractivity contribution in [2.75, 3.05) is 12.4 Å². The number of pyridine rings is 3. The number of carbonyl (C=O) groups is 1. The normalized spacial score (nSPS) is 11.4. The van der Waals surface area contributed by atoms with Crippen LogP contribution in [0.2, 0.25) is 0 Å². The Balaban J connectivity index is 1.41. The van der Waals surface area contributed by atoms with Gasteiger partial charge in [-0.3, -0.25) is 19.9 Å². The maximum Gasteiger partial charge on any atom is 0.226 e. The molecule has 0 atom stereocenters. The number of aromatic nitrogens is 6. The average molecular weight is 522 g/mol. The van der Waals surface area contributed by atoms with Gasteiger partial charge >= 0.3 is 0 Å². The van der Waals surface area contributed by atoms with Crippen LogP contribution < -0.4 is 10.1 Å². The Labute approximate surface area is 222 Å². The fraction of sp³-hybridized carbons (Fsp3) is 0.138. The van der Waals surface area contributed by atoms with Gasteiger partial charge in [0, 0.05) is 46.4 Å². The molecule has 1 amide bonds. The lowest BCUT2D eigenvalue weighted by Crippen LogP contribution is -2.17. The zero-order valence-corrected chi connectivity index (χ0v) is 21.4. The first kappa shape index (κ1) is 24.2. The van der Waals surface area contributed by atoms with E-state index in [9.17, 15) is 9.18 Å². The van der Waals surface area contributed by atoms with E-state index in [1.165, 1.54) is 19.2 Å². The fourth-order valence-corrected chi connectivity index (χ4v) is 4.41. The van der Waals surface area contributed by atoms with Crippen LogP contribution in [0.15, 0.2) is 67.1 Å². The molecule has 3 N–H and O–H groups in total. The van der Waals surface area contributed by atoms with Crippen LogP contribution in [0.1, 0.15) is 13.8 Å². The third-order valence-electron chi connectivity index (χ3n) is 6.42. The Morgan fingerprint density at radius 1 is 1.00 bits per heavy atom. The molecule has 5 aromatic heterocycles. The summed E-state index contributed by atoms with van der Waals surface area (Å²) in [7, 11) is 1.50. The SMILES string of the molecule is COc1cc(F)cc(-c2nccc3[nH]c(-c4n[nH]c5ccc(-c6cncc(NC(=O)C(C)C)c6)nc45)cc23)c1. The van der Waals surface area contributed by atoms with Gasteiger partial charge in [0.2, 0.25) is 5.91 Å². The van der Waals surface area contributed by atoms with Crippen LogP contribution in [0.5, 0.6) is 5.75 Å². The van der Waals surface area contributed by atoms with Crippen LogP contribution in [-0.2, 0) is 4.79 Å². The number of methoxy groups -OCH3 is 1. The number of halogens is 1. The highest BCUT2D eigenvalue weighted by atomic mass is 19.1. The number of benzene rings is 1. The largest absolute Gasteiger partial charge is 0.497 e. The lowest BCUT2D eigenvalue weighted by molar-refractivity contribution is -0.118. The van der Waals surface area contributed by atoms with Crippen molar-refractivity contribution in [1.29, 1.82) is 0 Å². The predicted molar refractivity (Wildman–Crippen MR) is 148 cm³/mol.